The van der Waals surface area contributed by atoms with E-state index >= 15 is 0 Å². The molecule has 0 radical (unpaired) electrons. The third-order valence-electron chi connectivity index (χ3n) is 13.9. The molecule has 19 nitrogen and oxygen atoms in total. The van der Waals surface area contributed by atoms with Crippen LogP contribution in [0.15, 0.2) is 121 Å². The van der Waals surface area contributed by atoms with Crippen LogP contribution >= 0.6 is 0 Å². The van der Waals surface area contributed by atoms with E-state index in [1.165, 1.54) is 0 Å². The van der Waals surface area contributed by atoms with Crippen molar-refractivity contribution in [3.8, 4) is 0 Å². The lowest BCUT2D eigenvalue weighted by atomic mass is 9.71. The highest BCUT2D eigenvalue weighted by Gasteiger charge is 2.49. The fraction of sp³-hybridized carbons (Fsp3) is 0.467. The van der Waals surface area contributed by atoms with Crippen molar-refractivity contribution in [1.82, 2.24) is 41.7 Å². The summed E-state index contributed by atoms with van der Waals surface area (Å²) in [5, 5.41) is 26.1. The van der Waals surface area contributed by atoms with Crippen LogP contribution in [0, 0.1) is 11.3 Å². The molecule has 0 aromatic heterocycles. The van der Waals surface area contributed by atoms with E-state index in [1.54, 1.807) is 85.2 Å². The van der Waals surface area contributed by atoms with Gasteiger partial charge in [0.15, 0.2) is 0 Å². The standard InChI is InChI=1S/C60H78N8O11/c1-41(2)34-47(63-52(70)48(35-42-20-10-6-11-21-42)64-53(71)49(65-56(74)75)36-43-22-12-7-13-23-43)51(69)62-46(28-18-19-31-61-57(76)79-59(3,4)5)54(72)68-39-60(40-68)29-32-67(33-30-60)55(73)50(37-44-24-14-8-15-25-44)66-58(77)78-38-45-26-16-9-17-27-45/h6-17,20-27,41,46-50,65H,18-19,28-40H2,1-5H3,(H,61,76)(H,62,69)(H,63,70)(H,64,71)(H,66,77)(H,74,75)/t46-,47-,48-,49-,50-/m1/s1. The van der Waals surface area contributed by atoms with E-state index in [4.69, 9.17) is 9.47 Å². The fourth-order valence-corrected chi connectivity index (χ4v) is 9.86. The third-order valence-corrected chi connectivity index (χ3v) is 13.9. The lowest BCUT2D eigenvalue weighted by Gasteiger charge is -2.54. The van der Waals surface area contributed by atoms with E-state index in [9.17, 15) is 43.5 Å². The van der Waals surface area contributed by atoms with Gasteiger partial charge in [-0.05, 0) is 87.5 Å². The lowest BCUT2D eigenvalue weighted by molar-refractivity contribution is -0.153. The van der Waals surface area contributed by atoms with Crippen molar-refractivity contribution in [2.75, 3.05) is 32.7 Å². The van der Waals surface area contributed by atoms with Crippen molar-refractivity contribution in [3.63, 3.8) is 0 Å². The van der Waals surface area contributed by atoms with E-state index in [1.807, 2.05) is 80.6 Å². The van der Waals surface area contributed by atoms with Gasteiger partial charge in [0.2, 0.25) is 29.5 Å². The lowest BCUT2D eigenvalue weighted by Crippen LogP contribution is -2.66. The zero-order valence-electron chi connectivity index (χ0n) is 46.0. The molecule has 0 bridgehead atoms. The molecule has 79 heavy (non-hydrogen) atoms. The molecule has 7 N–H and O–H groups in total. The predicted octanol–water partition coefficient (Wildman–Crippen LogP) is 6.29. The first-order valence-electron chi connectivity index (χ1n) is 27.3. The largest absolute Gasteiger partial charge is 0.465 e. The van der Waals surface area contributed by atoms with E-state index < -0.39 is 71.8 Å². The number of benzene rings is 4. The Bertz CT molecular complexity index is 2640. The Balaban J connectivity index is 1.12. The van der Waals surface area contributed by atoms with Gasteiger partial charge in [-0.15, -0.1) is 0 Å². The molecule has 19 heteroatoms. The normalized spacial score (nSPS) is 15.7. The molecule has 6 rings (SSSR count). The molecule has 0 aliphatic carbocycles. The minimum Gasteiger partial charge on any atom is -0.465 e. The van der Waals surface area contributed by atoms with Crippen LogP contribution in [-0.2, 0) is 59.3 Å². The van der Waals surface area contributed by atoms with Crippen LogP contribution in [0.2, 0.25) is 0 Å². The average Bonchev–Trinajstić information content (AvgIpc) is 3.41. The summed E-state index contributed by atoms with van der Waals surface area (Å²) in [5.74, 6) is -2.65. The number of amides is 8. The van der Waals surface area contributed by atoms with Gasteiger partial charge < -0.3 is 56.3 Å². The van der Waals surface area contributed by atoms with Gasteiger partial charge in [-0.25, -0.2) is 14.4 Å². The van der Waals surface area contributed by atoms with Crippen molar-refractivity contribution in [2.45, 2.75) is 135 Å². The highest BCUT2D eigenvalue weighted by atomic mass is 16.6. The van der Waals surface area contributed by atoms with Crippen LogP contribution in [0.25, 0.3) is 0 Å². The number of unbranched alkanes of at least 4 members (excludes halogenated alkanes) is 1. The first-order valence-corrected chi connectivity index (χ1v) is 27.3. The van der Waals surface area contributed by atoms with Gasteiger partial charge in [0.05, 0.1) is 0 Å². The van der Waals surface area contributed by atoms with Crippen molar-refractivity contribution < 1.29 is 52.9 Å². The number of nitrogens with one attached hydrogen (secondary N) is 6. The van der Waals surface area contributed by atoms with Gasteiger partial charge >= 0.3 is 18.3 Å². The molecule has 2 fully saturated rings. The van der Waals surface area contributed by atoms with Crippen LogP contribution in [0.5, 0.6) is 0 Å². The minimum atomic E-state index is -1.42. The first kappa shape index (κ1) is 60.3. The molecule has 2 aliphatic heterocycles. The number of carboxylic acid groups (broad SMARTS) is 1. The fourth-order valence-electron chi connectivity index (χ4n) is 9.86. The van der Waals surface area contributed by atoms with Crippen LogP contribution in [0.3, 0.4) is 0 Å². The average molecular weight is 1090 g/mol. The summed E-state index contributed by atoms with van der Waals surface area (Å²) in [7, 11) is 0. The molecule has 0 saturated carbocycles. The summed E-state index contributed by atoms with van der Waals surface area (Å²) in [4.78, 5) is 112. The molecule has 424 valence electrons. The Morgan fingerprint density at radius 3 is 1.48 bits per heavy atom. The molecule has 2 heterocycles. The number of ether oxygens (including phenoxy) is 2. The van der Waals surface area contributed by atoms with Crippen molar-refractivity contribution in [2.24, 2.45) is 11.3 Å². The Hall–Kier alpha value is -7.96. The molecule has 2 aliphatic rings. The highest BCUT2D eigenvalue weighted by Crippen LogP contribution is 2.41. The Labute approximate surface area is 463 Å². The van der Waals surface area contributed by atoms with Gasteiger partial charge in [0, 0.05) is 57.4 Å². The van der Waals surface area contributed by atoms with Gasteiger partial charge in [0.25, 0.3) is 0 Å². The Morgan fingerprint density at radius 1 is 0.544 bits per heavy atom. The van der Waals surface area contributed by atoms with E-state index in [-0.39, 0.29) is 68.4 Å². The summed E-state index contributed by atoms with van der Waals surface area (Å²) in [6.45, 7) is 11.0. The summed E-state index contributed by atoms with van der Waals surface area (Å²) in [6, 6.07) is 31.1. The topological polar surface area (TPSA) is 254 Å². The van der Waals surface area contributed by atoms with Crippen LogP contribution in [-0.4, -0.2) is 131 Å². The minimum absolute atomic E-state index is 0.0165. The maximum absolute atomic E-state index is 14.6. The second-order valence-corrected chi connectivity index (χ2v) is 22.1. The summed E-state index contributed by atoms with van der Waals surface area (Å²) < 4.78 is 10.9. The molecule has 1 spiro atoms. The molecular weight excluding hydrogens is 1010 g/mol. The quantitative estimate of drug-likeness (QED) is 0.0363. The van der Waals surface area contributed by atoms with Gasteiger partial charge in [-0.3, -0.25) is 24.0 Å². The van der Waals surface area contributed by atoms with E-state index in [2.05, 4.69) is 31.9 Å². The zero-order chi connectivity index (χ0) is 57.0. The third kappa shape index (κ3) is 19.8. The number of nitrogens with zero attached hydrogens (tertiary/aromatic N) is 2. The molecular formula is C60H78N8O11. The number of carbonyl (C=O) groups is 8. The summed E-state index contributed by atoms with van der Waals surface area (Å²) >= 11 is 0. The van der Waals surface area contributed by atoms with Crippen LogP contribution in [0.4, 0.5) is 14.4 Å². The highest BCUT2D eigenvalue weighted by molar-refractivity contribution is 5.95. The first-order chi connectivity index (χ1) is 37.7. The summed E-state index contributed by atoms with van der Waals surface area (Å²) in [6.07, 6.45) is 0.120. The van der Waals surface area contributed by atoms with Gasteiger partial charge in [-0.2, -0.15) is 0 Å². The van der Waals surface area contributed by atoms with Gasteiger partial charge in [0.1, 0.15) is 42.4 Å². The number of hydrogen-bond donors (Lipinski definition) is 7. The molecule has 8 amide bonds. The molecule has 5 atom stereocenters. The van der Waals surface area contributed by atoms with Crippen LogP contribution < -0.4 is 31.9 Å². The zero-order valence-corrected chi connectivity index (χ0v) is 46.0. The maximum Gasteiger partial charge on any atom is 0.408 e. The number of rotatable bonds is 25. The van der Waals surface area contributed by atoms with Crippen molar-refractivity contribution in [1.29, 1.82) is 0 Å². The number of alkyl carbamates (subject to hydrolysis) is 2. The van der Waals surface area contributed by atoms with Crippen molar-refractivity contribution in [3.05, 3.63) is 144 Å². The second-order valence-electron chi connectivity index (χ2n) is 22.1. The molecule has 0 unspecified atom stereocenters. The second kappa shape index (κ2) is 29.1. The number of likely N-dealkylation sites (tertiary alicyclic amines) is 2. The van der Waals surface area contributed by atoms with Gasteiger partial charge in [-0.1, -0.05) is 135 Å². The smallest absolute Gasteiger partial charge is 0.408 e. The number of hydrogen-bond acceptors (Lipinski definition) is 10. The molecule has 4 aromatic carbocycles. The van der Waals surface area contributed by atoms with E-state index in [0.717, 1.165) is 11.1 Å². The number of carbonyl (C=O) groups excluding carboxylic acids is 7. The molecule has 2 saturated heterocycles. The molecule has 4 aromatic rings. The summed E-state index contributed by atoms with van der Waals surface area (Å²) in [5.41, 5.74) is 2.12. The van der Waals surface area contributed by atoms with E-state index in [0.29, 0.717) is 63.0 Å². The Kier molecular flexibility index (Phi) is 22.2. The monoisotopic (exact) mass is 1090 g/mol. The predicted molar refractivity (Wildman–Crippen MR) is 297 cm³/mol. The SMILES string of the molecule is CC(C)C[C@@H](NC(=O)[C@@H](Cc1ccccc1)NC(=O)[C@@H](Cc1ccccc1)NC(=O)O)C(=O)N[C@H](CCCCNC(=O)OC(C)(C)C)C(=O)N1CC2(CCN(C(=O)[C@@H](Cc3ccccc3)NC(=O)OCc3ccccc3)CC2)C1. The van der Waals surface area contributed by atoms with Crippen molar-refractivity contribution >= 4 is 47.8 Å². The number of piperidine rings is 1. The van der Waals surface area contributed by atoms with Crippen LogP contribution in [0.1, 0.15) is 95.4 Å². The Morgan fingerprint density at radius 2 is 0.987 bits per heavy atom. The maximum atomic E-state index is 14.6.